The van der Waals surface area contributed by atoms with Gasteiger partial charge in [0.15, 0.2) is 6.29 Å². The van der Waals surface area contributed by atoms with Crippen LogP contribution in [0.5, 0.6) is 11.5 Å². The van der Waals surface area contributed by atoms with Gasteiger partial charge in [-0.2, -0.15) is 0 Å². The maximum absolute atomic E-state index is 12.2. The molecule has 4 nitrogen and oxygen atoms in total. The van der Waals surface area contributed by atoms with Crippen molar-refractivity contribution in [3.8, 4) is 11.5 Å². The van der Waals surface area contributed by atoms with Crippen LogP contribution in [0.1, 0.15) is 26.3 Å². The lowest BCUT2D eigenvalue weighted by Crippen LogP contribution is -2.09. The normalized spacial score (nSPS) is 10.2. The van der Waals surface area contributed by atoms with Crippen LogP contribution in [-0.2, 0) is 6.42 Å². The largest absolute Gasteiger partial charge is 0.493 e. The lowest BCUT2D eigenvalue weighted by atomic mass is 10.2. The van der Waals surface area contributed by atoms with Gasteiger partial charge in [-0.05, 0) is 42.0 Å². The molecule has 0 unspecified atom stereocenters. The zero-order valence-corrected chi connectivity index (χ0v) is 14.1. The summed E-state index contributed by atoms with van der Waals surface area (Å²) in [4.78, 5) is 23.2. The van der Waals surface area contributed by atoms with Crippen LogP contribution in [0.15, 0.2) is 78.9 Å². The zero-order valence-electron chi connectivity index (χ0n) is 14.1. The molecule has 26 heavy (non-hydrogen) atoms. The number of ether oxygens (including phenoxy) is 2. The summed E-state index contributed by atoms with van der Waals surface area (Å²) < 4.78 is 11.0. The van der Waals surface area contributed by atoms with Gasteiger partial charge in [-0.3, -0.25) is 4.79 Å². The summed E-state index contributed by atoms with van der Waals surface area (Å²) in [6, 6.07) is 23.4. The molecule has 0 aliphatic carbocycles. The van der Waals surface area contributed by atoms with E-state index in [1.807, 2.05) is 18.2 Å². The Bertz CT molecular complexity index is 870. The van der Waals surface area contributed by atoms with Gasteiger partial charge in [0.1, 0.15) is 11.5 Å². The molecule has 0 bridgehead atoms. The van der Waals surface area contributed by atoms with E-state index in [1.54, 1.807) is 48.5 Å². The van der Waals surface area contributed by atoms with E-state index in [2.05, 4.69) is 12.1 Å². The Kier molecular flexibility index (Phi) is 5.78. The summed E-state index contributed by atoms with van der Waals surface area (Å²) in [5.41, 5.74) is 1.93. The Morgan fingerprint density at radius 2 is 1.54 bits per heavy atom. The molecule has 0 spiro atoms. The molecular weight excluding hydrogens is 328 g/mol. The molecule has 0 saturated heterocycles. The van der Waals surface area contributed by atoms with E-state index in [1.165, 1.54) is 5.56 Å². The van der Waals surface area contributed by atoms with Crippen LogP contribution in [-0.4, -0.2) is 18.9 Å². The number of para-hydroxylation sites is 1. The number of aldehydes is 1. The highest BCUT2D eigenvalue weighted by atomic mass is 16.5. The summed E-state index contributed by atoms with van der Waals surface area (Å²) in [6.07, 6.45) is 1.47. The smallest absolute Gasteiger partial charge is 0.343 e. The van der Waals surface area contributed by atoms with Crippen LogP contribution in [0.2, 0.25) is 0 Å². The van der Waals surface area contributed by atoms with Gasteiger partial charge in [0.25, 0.3) is 0 Å². The molecule has 0 amide bonds. The SMILES string of the molecule is O=Cc1ccccc1OC(=O)c1ccc(OCCc2ccccc2)cc1. The van der Waals surface area contributed by atoms with Crippen molar-refractivity contribution in [1.29, 1.82) is 0 Å². The molecule has 0 fully saturated rings. The van der Waals surface area contributed by atoms with Crippen LogP contribution in [0, 0.1) is 0 Å². The first kappa shape index (κ1) is 17.4. The monoisotopic (exact) mass is 346 g/mol. The molecule has 0 N–H and O–H groups in total. The fraction of sp³-hybridized carbons (Fsp3) is 0.0909. The van der Waals surface area contributed by atoms with Crippen LogP contribution in [0.3, 0.4) is 0 Å². The molecule has 0 aliphatic heterocycles. The third-order valence-electron chi connectivity index (χ3n) is 3.84. The summed E-state index contributed by atoms with van der Waals surface area (Å²) in [5, 5.41) is 0. The van der Waals surface area contributed by atoms with Gasteiger partial charge in [-0.25, -0.2) is 4.79 Å². The Morgan fingerprint density at radius 3 is 2.27 bits per heavy atom. The van der Waals surface area contributed by atoms with Gasteiger partial charge in [0, 0.05) is 6.42 Å². The average molecular weight is 346 g/mol. The molecule has 3 aromatic carbocycles. The number of hydrogen-bond donors (Lipinski definition) is 0. The van der Waals surface area contributed by atoms with E-state index in [0.717, 1.165) is 6.42 Å². The molecule has 0 heterocycles. The van der Waals surface area contributed by atoms with Gasteiger partial charge in [0.05, 0.1) is 17.7 Å². The predicted molar refractivity (Wildman–Crippen MR) is 98.9 cm³/mol. The first-order valence-corrected chi connectivity index (χ1v) is 8.29. The minimum atomic E-state index is -0.518. The maximum Gasteiger partial charge on any atom is 0.343 e. The quantitative estimate of drug-likeness (QED) is 0.363. The van der Waals surface area contributed by atoms with Crippen molar-refractivity contribution in [1.82, 2.24) is 0 Å². The lowest BCUT2D eigenvalue weighted by molar-refractivity contribution is 0.0733. The third-order valence-corrected chi connectivity index (χ3v) is 3.84. The number of esters is 1. The molecule has 0 saturated carbocycles. The second-order valence-corrected chi connectivity index (χ2v) is 5.65. The summed E-state index contributed by atoms with van der Waals surface area (Å²) in [6.45, 7) is 0.556. The van der Waals surface area contributed by atoms with E-state index >= 15 is 0 Å². The van der Waals surface area contributed by atoms with Crippen molar-refractivity contribution in [3.63, 3.8) is 0 Å². The Morgan fingerprint density at radius 1 is 0.846 bits per heavy atom. The van der Waals surface area contributed by atoms with E-state index < -0.39 is 5.97 Å². The fourth-order valence-corrected chi connectivity index (χ4v) is 2.45. The predicted octanol–water partition coefficient (Wildman–Crippen LogP) is 4.34. The number of hydrogen-bond acceptors (Lipinski definition) is 4. The van der Waals surface area contributed by atoms with Crippen molar-refractivity contribution >= 4 is 12.3 Å². The van der Waals surface area contributed by atoms with E-state index in [4.69, 9.17) is 9.47 Å². The summed E-state index contributed by atoms with van der Waals surface area (Å²) in [7, 11) is 0. The van der Waals surface area contributed by atoms with Gasteiger partial charge >= 0.3 is 5.97 Å². The van der Waals surface area contributed by atoms with Crippen molar-refractivity contribution in [2.75, 3.05) is 6.61 Å². The highest BCUT2D eigenvalue weighted by Gasteiger charge is 2.11. The highest BCUT2D eigenvalue weighted by molar-refractivity contribution is 5.92. The number of carbonyl (C=O) groups excluding carboxylic acids is 2. The van der Waals surface area contributed by atoms with Gasteiger partial charge in [-0.1, -0.05) is 42.5 Å². The maximum atomic E-state index is 12.2. The molecule has 3 rings (SSSR count). The molecule has 0 aliphatic rings. The number of rotatable bonds is 7. The first-order valence-electron chi connectivity index (χ1n) is 8.29. The van der Waals surface area contributed by atoms with Crippen LogP contribution < -0.4 is 9.47 Å². The van der Waals surface area contributed by atoms with E-state index in [-0.39, 0.29) is 5.75 Å². The lowest BCUT2D eigenvalue weighted by Gasteiger charge is -2.08. The van der Waals surface area contributed by atoms with Crippen molar-refractivity contribution < 1.29 is 19.1 Å². The second kappa shape index (κ2) is 8.62. The Balaban J connectivity index is 1.56. The number of benzene rings is 3. The zero-order chi connectivity index (χ0) is 18.2. The Labute approximate surface area is 152 Å². The molecule has 0 atom stereocenters. The first-order chi connectivity index (χ1) is 12.8. The molecule has 4 heteroatoms. The molecule has 130 valence electrons. The van der Waals surface area contributed by atoms with Crippen molar-refractivity contribution in [2.45, 2.75) is 6.42 Å². The van der Waals surface area contributed by atoms with E-state index in [9.17, 15) is 9.59 Å². The molecular formula is C22H18O4. The summed E-state index contributed by atoms with van der Waals surface area (Å²) in [5.74, 6) is 0.414. The average Bonchev–Trinajstić information content (AvgIpc) is 2.70. The topological polar surface area (TPSA) is 52.6 Å². The standard InChI is InChI=1S/C22H18O4/c23-16-19-8-4-5-9-21(19)26-22(24)18-10-12-20(13-11-18)25-15-14-17-6-2-1-3-7-17/h1-13,16H,14-15H2. The molecule has 0 radical (unpaired) electrons. The van der Waals surface area contributed by atoms with Gasteiger partial charge in [0.2, 0.25) is 0 Å². The van der Waals surface area contributed by atoms with Crippen molar-refractivity contribution in [2.24, 2.45) is 0 Å². The van der Waals surface area contributed by atoms with Crippen molar-refractivity contribution in [3.05, 3.63) is 95.6 Å². The second-order valence-electron chi connectivity index (χ2n) is 5.65. The van der Waals surface area contributed by atoms with Gasteiger partial charge < -0.3 is 9.47 Å². The fourth-order valence-electron chi connectivity index (χ4n) is 2.45. The third kappa shape index (κ3) is 4.57. The minimum absolute atomic E-state index is 0.246. The highest BCUT2D eigenvalue weighted by Crippen LogP contribution is 2.19. The molecule has 0 aromatic heterocycles. The van der Waals surface area contributed by atoms with Gasteiger partial charge in [-0.15, -0.1) is 0 Å². The number of carbonyl (C=O) groups is 2. The van der Waals surface area contributed by atoms with Crippen LogP contribution in [0.25, 0.3) is 0 Å². The molecule has 3 aromatic rings. The van der Waals surface area contributed by atoms with E-state index in [0.29, 0.717) is 29.8 Å². The summed E-state index contributed by atoms with van der Waals surface area (Å²) >= 11 is 0. The minimum Gasteiger partial charge on any atom is -0.493 e. The van der Waals surface area contributed by atoms with Crippen LogP contribution >= 0.6 is 0 Å². The Hall–Kier alpha value is -3.40. The van der Waals surface area contributed by atoms with Crippen LogP contribution in [0.4, 0.5) is 0 Å².